The SMILES string of the molecule is CC(C)C(CCBr)NC(=O)c1cc([N+](=O)[O-])cn1C. The lowest BCUT2D eigenvalue weighted by Gasteiger charge is -2.21. The summed E-state index contributed by atoms with van der Waals surface area (Å²) in [5, 5.41) is 14.4. The van der Waals surface area contributed by atoms with Crippen LogP contribution in [0.3, 0.4) is 0 Å². The van der Waals surface area contributed by atoms with Crippen LogP contribution in [0.15, 0.2) is 12.3 Å². The van der Waals surface area contributed by atoms with E-state index in [0.29, 0.717) is 11.6 Å². The number of nitro groups is 1. The molecule has 0 spiro atoms. The van der Waals surface area contributed by atoms with Crippen molar-refractivity contribution in [1.82, 2.24) is 9.88 Å². The number of aromatic nitrogens is 1. The maximum Gasteiger partial charge on any atom is 0.287 e. The average molecular weight is 332 g/mol. The maximum absolute atomic E-state index is 12.1. The predicted molar refractivity (Wildman–Crippen MR) is 76.6 cm³/mol. The van der Waals surface area contributed by atoms with E-state index in [1.165, 1.54) is 16.8 Å². The van der Waals surface area contributed by atoms with Gasteiger partial charge in [0.05, 0.1) is 11.1 Å². The molecule has 6 nitrogen and oxygen atoms in total. The van der Waals surface area contributed by atoms with Crippen molar-refractivity contribution in [3.05, 3.63) is 28.1 Å². The molecule has 0 bridgehead atoms. The monoisotopic (exact) mass is 331 g/mol. The van der Waals surface area contributed by atoms with Gasteiger partial charge < -0.3 is 9.88 Å². The number of carbonyl (C=O) groups excluding carboxylic acids is 1. The fourth-order valence-corrected chi connectivity index (χ4v) is 2.30. The lowest BCUT2D eigenvalue weighted by molar-refractivity contribution is -0.384. The minimum absolute atomic E-state index is 0.0424. The number of amides is 1. The van der Waals surface area contributed by atoms with Gasteiger partial charge in [-0.3, -0.25) is 14.9 Å². The molecule has 0 saturated heterocycles. The summed E-state index contributed by atoms with van der Waals surface area (Å²) >= 11 is 3.36. The first kappa shape index (κ1) is 15.7. The highest BCUT2D eigenvalue weighted by atomic mass is 79.9. The van der Waals surface area contributed by atoms with Crippen molar-refractivity contribution in [3.63, 3.8) is 0 Å². The molecule has 1 N–H and O–H groups in total. The number of aryl methyl sites for hydroxylation is 1. The van der Waals surface area contributed by atoms with E-state index in [9.17, 15) is 14.9 Å². The van der Waals surface area contributed by atoms with E-state index in [0.717, 1.165) is 11.8 Å². The van der Waals surface area contributed by atoms with Crippen molar-refractivity contribution in [2.24, 2.45) is 13.0 Å². The second-order valence-electron chi connectivity index (χ2n) is 4.75. The van der Waals surface area contributed by atoms with Gasteiger partial charge in [-0.1, -0.05) is 29.8 Å². The Morgan fingerprint density at radius 1 is 1.58 bits per heavy atom. The van der Waals surface area contributed by atoms with Gasteiger partial charge in [0.1, 0.15) is 5.69 Å². The number of hydrogen-bond donors (Lipinski definition) is 1. The zero-order valence-electron chi connectivity index (χ0n) is 11.2. The van der Waals surface area contributed by atoms with E-state index >= 15 is 0 Å². The second kappa shape index (κ2) is 6.70. The Kier molecular flexibility index (Phi) is 5.53. The Labute approximate surface area is 120 Å². The molecule has 0 saturated carbocycles. The van der Waals surface area contributed by atoms with E-state index in [1.807, 2.05) is 13.8 Å². The van der Waals surface area contributed by atoms with Gasteiger partial charge in [0.2, 0.25) is 0 Å². The molecular formula is C12H18BrN3O3. The van der Waals surface area contributed by atoms with Crippen molar-refractivity contribution in [2.45, 2.75) is 26.3 Å². The van der Waals surface area contributed by atoms with E-state index < -0.39 is 4.92 Å². The van der Waals surface area contributed by atoms with E-state index in [-0.39, 0.29) is 17.6 Å². The molecule has 0 aliphatic rings. The molecule has 1 amide bonds. The molecule has 0 radical (unpaired) electrons. The summed E-state index contributed by atoms with van der Waals surface area (Å²) in [7, 11) is 1.62. The van der Waals surface area contributed by atoms with Crippen LogP contribution < -0.4 is 5.32 Å². The number of alkyl halides is 1. The van der Waals surface area contributed by atoms with Gasteiger partial charge in [0, 0.05) is 24.5 Å². The molecule has 1 heterocycles. The summed E-state index contributed by atoms with van der Waals surface area (Å²) in [5.74, 6) is 0.0204. The van der Waals surface area contributed by atoms with Gasteiger partial charge in [-0.05, 0) is 12.3 Å². The first-order valence-corrected chi connectivity index (χ1v) is 7.16. The Bertz CT molecular complexity index is 471. The lowest BCUT2D eigenvalue weighted by atomic mass is 10.0. The number of hydrogen-bond acceptors (Lipinski definition) is 3. The molecule has 19 heavy (non-hydrogen) atoms. The molecule has 1 rings (SSSR count). The smallest absolute Gasteiger partial charge is 0.287 e. The van der Waals surface area contributed by atoms with E-state index in [4.69, 9.17) is 0 Å². The zero-order chi connectivity index (χ0) is 14.6. The van der Waals surface area contributed by atoms with Crippen molar-refractivity contribution in [2.75, 3.05) is 5.33 Å². The van der Waals surface area contributed by atoms with Gasteiger partial charge in [-0.2, -0.15) is 0 Å². The topological polar surface area (TPSA) is 77.2 Å². The predicted octanol–water partition coefficient (Wildman–Crippen LogP) is 2.47. The number of nitrogens with zero attached hydrogens (tertiary/aromatic N) is 2. The van der Waals surface area contributed by atoms with Crippen molar-refractivity contribution in [3.8, 4) is 0 Å². The number of carbonyl (C=O) groups is 1. The van der Waals surface area contributed by atoms with Crippen LogP contribution in [0.2, 0.25) is 0 Å². The summed E-state index contributed by atoms with van der Waals surface area (Å²) in [6.07, 6.45) is 2.15. The highest BCUT2D eigenvalue weighted by Gasteiger charge is 2.21. The van der Waals surface area contributed by atoms with Crippen molar-refractivity contribution >= 4 is 27.5 Å². The van der Waals surface area contributed by atoms with Crippen LogP contribution in [-0.4, -0.2) is 26.8 Å². The molecule has 1 atom stereocenters. The van der Waals surface area contributed by atoms with E-state index in [2.05, 4.69) is 21.2 Å². The van der Waals surface area contributed by atoms with Crippen LogP contribution >= 0.6 is 15.9 Å². The van der Waals surface area contributed by atoms with Crippen LogP contribution in [0.5, 0.6) is 0 Å². The quantitative estimate of drug-likeness (QED) is 0.494. The number of nitrogens with one attached hydrogen (secondary N) is 1. The molecule has 1 aromatic heterocycles. The largest absolute Gasteiger partial charge is 0.348 e. The summed E-state index contributed by atoms with van der Waals surface area (Å²) in [5.41, 5.74) is 0.223. The molecular weight excluding hydrogens is 314 g/mol. The normalized spacial score (nSPS) is 12.5. The third kappa shape index (κ3) is 4.05. The summed E-state index contributed by atoms with van der Waals surface area (Å²) in [6, 6.07) is 1.33. The number of rotatable bonds is 6. The molecule has 0 aromatic carbocycles. The fourth-order valence-electron chi connectivity index (χ4n) is 1.80. The van der Waals surface area contributed by atoms with Gasteiger partial charge in [-0.15, -0.1) is 0 Å². The number of halogens is 1. The zero-order valence-corrected chi connectivity index (χ0v) is 12.8. The van der Waals surface area contributed by atoms with Crippen LogP contribution in [-0.2, 0) is 7.05 Å². The van der Waals surface area contributed by atoms with Crippen molar-refractivity contribution in [1.29, 1.82) is 0 Å². The van der Waals surface area contributed by atoms with Gasteiger partial charge >= 0.3 is 0 Å². The minimum atomic E-state index is -0.505. The molecule has 1 unspecified atom stereocenters. The van der Waals surface area contributed by atoms with Gasteiger partial charge in [0.25, 0.3) is 11.6 Å². The van der Waals surface area contributed by atoms with Gasteiger partial charge in [0.15, 0.2) is 0 Å². The van der Waals surface area contributed by atoms with Crippen molar-refractivity contribution < 1.29 is 9.72 Å². The van der Waals surface area contributed by atoms with Crippen LogP contribution in [0, 0.1) is 16.0 Å². The molecule has 106 valence electrons. The third-order valence-electron chi connectivity index (χ3n) is 2.98. The third-order valence-corrected chi connectivity index (χ3v) is 3.43. The highest BCUT2D eigenvalue weighted by molar-refractivity contribution is 9.09. The molecule has 0 fully saturated rings. The average Bonchev–Trinajstić information content (AvgIpc) is 2.70. The Hall–Kier alpha value is -1.37. The molecule has 0 aliphatic heterocycles. The Balaban J connectivity index is 2.85. The first-order chi connectivity index (χ1) is 8.86. The first-order valence-electron chi connectivity index (χ1n) is 6.04. The molecule has 1 aromatic rings. The highest BCUT2D eigenvalue weighted by Crippen LogP contribution is 2.16. The Morgan fingerprint density at radius 3 is 2.63 bits per heavy atom. The van der Waals surface area contributed by atoms with E-state index in [1.54, 1.807) is 7.05 Å². The fraction of sp³-hybridized carbons (Fsp3) is 0.583. The summed E-state index contributed by atoms with van der Waals surface area (Å²) < 4.78 is 1.47. The maximum atomic E-state index is 12.1. The Morgan fingerprint density at radius 2 is 2.21 bits per heavy atom. The lowest BCUT2D eigenvalue weighted by Crippen LogP contribution is -2.39. The van der Waals surface area contributed by atoms with Crippen LogP contribution in [0.4, 0.5) is 5.69 Å². The second-order valence-corrected chi connectivity index (χ2v) is 5.55. The van der Waals surface area contributed by atoms with Gasteiger partial charge in [-0.25, -0.2) is 0 Å². The minimum Gasteiger partial charge on any atom is -0.348 e. The van der Waals surface area contributed by atoms with Crippen LogP contribution in [0.25, 0.3) is 0 Å². The standard InChI is InChI=1S/C12H18BrN3O3/c1-8(2)10(4-5-13)14-12(17)11-6-9(16(18)19)7-15(11)3/h6-8,10H,4-5H2,1-3H3,(H,14,17). The van der Waals surface area contributed by atoms with Crippen LogP contribution in [0.1, 0.15) is 30.8 Å². The molecule has 7 heteroatoms. The molecule has 0 aliphatic carbocycles. The summed E-state index contributed by atoms with van der Waals surface area (Å²) in [4.78, 5) is 22.3. The summed E-state index contributed by atoms with van der Waals surface area (Å²) in [6.45, 7) is 4.06.